The van der Waals surface area contributed by atoms with Gasteiger partial charge in [0.25, 0.3) is 0 Å². The van der Waals surface area contributed by atoms with Gasteiger partial charge < -0.3 is 9.30 Å². The van der Waals surface area contributed by atoms with Gasteiger partial charge in [0.2, 0.25) is 0 Å². The molecule has 1 unspecified atom stereocenters. The van der Waals surface area contributed by atoms with Crippen molar-refractivity contribution in [3.8, 4) is 17.3 Å². The van der Waals surface area contributed by atoms with Crippen molar-refractivity contribution < 1.29 is 26.3 Å². The maximum absolute atomic E-state index is 12.7. The minimum atomic E-state index is -4.51. The first kappa shape index (κ1) is 20.8. The van der Waals surface area contributed by atoms with Crippen LogP contribution in [0, 0.1) is 0 Å². The molecule has 13 heteroatoms. The van der Waals surface area contributed by atoms with E-state index in [0.29, 0.717) is 17.9 Å². The lowest BCUT2D eigenvalue weighted by Crippen LogP contribution is -2.09. The van der Waals surface area contributed by atoms with Crippen molar-refractivity contribution in [2.24, 2.45) is 7.05 Å². The molecule has 1 aliphatic rings. The summed E-state index contributed by atoms with van der Waals surface area (Å²) in [6.45, 7) is 3.36. The largest absolute Gasteiger partial charge is 0.488 e. The Bertz CT molecular complexity index is 1260. The molecule has 0 aromatic carbocycles. The Morgan fingerprint density at radius 1 is 1.27 bits per heavy atom. The molecular formula is C17H16F3N5O3S2. The van der Waals surface area contributed by atoms with Gasteiger partial charge in [-0.05, 0) is 6.92 Å². The summed E-state index contributed by atoms with van der Waals surface area (Å²) in [6, 6.07) is 2.60. The Balaban J connectivity index is 1.91. The second-order valence-corrected chi connectivity index (χ2v) is 10.1. The third-order valence-corrected chi connectivity index (χ3v) is 6.96. The Morgan fingerprint density at radius 3 is 2.67 bits per heavy atom. The highest BCUT2D eigenvalue weighted by atomic mass is 32.2. The predicted molar refractivity (Wildman–Crippen MR) is 103 cm³/mol. The highest BCUT2D eigenvalue weighted by molar-refractivity contribution is 8.00. The van der Waals surface area contributed by atoms with E-state index in [1.807, 2.05) is 6.92 Å². The van der Waals surface area contributed by atoms with Gasteiger partial charge in [-0.1, -0.05) is 6.92 Å². The van der Waals surface area contributed by atoms with Gasteiger partial charge >= 0.3 is 5.51 Å². The number of fused-ring (bicyclic) bond motifs is 2. The number of aryl methyl sites for hydroxylation is 1. The van der Waals surface area contributed by atoms with Crippen molar-refractivity contribution in [1.82, 2.24) is 24.7 Å². The molecule has 0 spiro atoms. The van der Waals surface area contributed by atoms with Crippen LogP contribution in [0.5, 0.6) is 5.75 Å². The molecular weight excluding hydrogens is 443 g/mol. The molecule has 0 amide bonds. The first-order valence-electron chi connectivity index (χ1n) is 8.88. The first-order valence-corrected chi connectivity index (χ1v) is 11.3. The number of sulfone groups is 1. The number of nitrogens with zero attached hydrogens (tertiary/aromatic N) is 5. The van der Waals surface area contributed by atoms with Gasteiger partial charge in [-0.3, -0.25) is 0 Å². The van der Waals surface area contributed by atoms with E-state index in [0.717, 1.165) is 6.07 Å². The molecule has 0 fully saturated rings. The molecule has 30 heavy (non-hydrogen) atoms. The molecule has 3 aromatic rings. The second kappa shape index (κ2) is 7.08. The summed E-state index contributed by atoms with van der Waals surface area (Å²) >= 11 is -0.397. The van der Waals surface area contributed by atoms with E-state index < -0.39 is 27.1 Å². The van der Waals surface area contributed by atoms with Crippen molar-refractivity contribution >= 4 is 32.8 Å². The number of imidazole rings is 1. The molecule has 1 aliphatic heterocycles. The Kier molecular flexibility index (Phi) is 4.92. The molecule has 4 rings (SSSR count). The van der Waals surface area contributed by atoms with E-state index in [1.54, 1.807) is 7.05 Å². The third-order valence-electron chi connectivity index (χ3n) is 4.58. The van der Waals surface area contributed by atoms with Crippen LogP contribution in [-0.4, -0.2) is 50.5 Å². The summed E-state index contributed by atoms with van der Waals surface area (Å²) in [5.41, 5.74) is -3.44. The summed E-state index contributed by atoms with van der Waals surface area (Å²) < 4.78 is 70.5. The van der Waals surface area contributed by atoms with Gasteiger partial charge in [0.1, 0.15) is 33.0 Å². The molecule has 8 nitrogen and oxygen atoms in total. The minimum Gasteiger partial charge on any atom is -0.488 e. The Morgan fingerprint density at radius 2 is 2.00 bits per heavy atom. The SMILES string of the molecule is CCS(=O)(=O)c1cc2c(nc1-c1nc3cc(SC(F)(F)F)nnc3n1C)CC(C)O2. The fourth-order valence-electron chi connectivity index (χ4n) is 3.20. The van der Waals surface area contributed by atoms with Crippen LogP contribution in [0.3, 0.4) is 0 Å². The highest BCUT2D eigenvalue weighted by Crippen LogP contribution is 2.38. The van der Waals surface area contributed by atoms with E-state index in [-0.39, 0.29) is 44.5 Å². The number of hydrogen-bond acceptors (Lipinski definition) is 8. The maximum Gasteiger partial charge on any atom is 0.447 e. The van der Waals surface area contributed by atoms with E-state index in [2.05, 4.69) is 20.2 Å². The average molecular weight is 459 g/mol. The summed E-state index contributed by atoms with van der Waals surface area (Å²) in [7, 11) is -2.11. The second-order valence-electron chi connectivity index (χ2n) is 6.75. The van der Waals surface area contributed by atoms with Crippen molar-refractivity contribution in [2.75, 3.05) is 5.75 Å². The molecule has 1 atom stereocenters. The number of rotatable bonds is 4. The van der Waals surface area contributed by atoms with Crippen LogP contribution in [-0.2, 0) is 23.3 Å². The smallest absolute Gasteiger partial charge is 0.447 e. The van der Waals surface area contributed by atoms with Crippen LogP contribution in [0.25, 0.3) is 22.7 Å². The number of thioether (sulfide) groups is 1. The average Bonchev–Trinajstić information content (AvgIpc) is 3.17. The number of hydrogen-bond donors (Lipinski definition) is 0. The summed E-state index contributed by atoms with van der Waals surface area (Å²) in [4.78, 5) is 8.80. The van der Waals surface area contributed by atoms with Gasteiger partial charge in [0.15, 0.2) is 21.3 Å². The van der Waals surface area contributed by atoms with Crippen LogP contribution < -0.4 is 4.74 Å². The lowest BCUT2D eigenvalue weighted by Gasteiger charge is -2.11. The summed E-state index contributed by atoms with van der Waals surface area (Å²) in [5, 5.41) is 7.07. The zero-order chi connectivity index (χ0) is 21.8. The quantitative estimate of drug-likeness (QED) is 0.549. The lowest BCUT2D eigenvalue weighted by molar-refractivity contribution is -0.0329. The minimum absolute atomic E-state index is 0.0471. The number of halogens is 3. The van der Waals surface area contributed by atoms with Gasteiger partial charge in [-0.25, -0.2) is 18.4 Å². The molecule has 4 heterocycles. The number of ether oxygens (including phenoxy) is 1. The van der Waals surface area contributed by atoms with E-state index in [4.69, 9.17) is 4.74 Å². The van der Waals surface area contributed by atoms with Crippen molar-refractivity contribution in [3.63, 3.8) is 0 Å². The number of pyridine rings is 1. The van der Waals surface area contributed by atoms with Crippen molar-refractivity contribution in [2.45, 2.75) is 41.8 Å². The van der Waals surface area contributed by atoms with Gasteiger partial charge in [0.05, 0.1) is 11.4 Å². The van der Waals surface area contributed by atoms with Crippen molar-refractivity contribution in [3.05, 3.63) is 17.8 Å². The van der Waals surface area contributed by atoms with Crippen LogP contribution >= 0.6 is 11.8 Å². The van der Waals surface area contributed by atoms with Crippen molar-refractivity contribution in [1.29, 1.82) is 0 Å². The standard InChI is InChI=1S/C17H16F3N5O3S2/c1-4-30(26,27)12-7-11-9(5-8(2)28-11)21-14(12)16-22-10-6-13(29-17(18,19)20)23-24-15(10)25(16)3/h6-8H,4-5H2,1-3H3. The normalized spacial score (nSPS) is 16.7. The summed E-state index contributed by atoms with van der Waals surface area (Å²) in [5.74, 6) is 0.412. The maximum atomic E-state index is 12.7. The molecule has 160 valence electrons. The van der Waals surface area contributed by atoms with Crippen LogP contribution in [0.1, 0.15) is 19.5 Å². The van der Waals surface area contributed by atoms with Crippen LogP contribution in [0.15, 0.2) is 22.1 Å². The van der Waals surface area contributed by atoms with Crippen LogP contribution in [0.4, 0.5) is 13.2 Å². The zero-order valence-corrected chi connectivity index (χ0v) is 17.7. The molecule has 0 N–H and O–H groups in total. The molecule has 0 aliphatic carbocycles. The highest BCUT2D eigenvalue weighted by Gasteiger charge is 2.32. The monoisotopic (exact) mass is 459 g/mol. The number of alkyl halides is 3. The number of aromatic nitrogens is 5. The molecule has 3 aromatic heterocycles. The predicted octanol–water partition coefficient (Wildman–Crippen LogP) is 3.15. The first-order chi connectivity index (χ1) is 14.0. The fourth-order valence-corrected chi connectivity index (χ4v) is 4.72. The molecule has 0 bridgehead atoms. The Labute approximate surface area is 173 Å². The zero-order valence-electron chi connectivity index (χ0n) is 16.1. The fraction of sp³-hybridized carbons (Fsp3) is 0.412. The summed E-state index contributed by atoms with van der Waals surface area (Å²) in [6.07, 6.45) is 0.360. The van der Waals surface area contributed by atoms with E-state index in [9.17, 15) is 21.6 Å². The molecule has 0 saturated carbocycles. The molecule has 0 radical (unpaired) electrons. The Hall–Kier alpha value is -2.41. The topological polar surface area (TPSA) is 99.9 Å². The van der Waals surface area contributed by atoms with E-state index >= 15 is 0 Å². The van der Waals surface area contributed by atoms with E-state index in [1.165, 1.54) is 17.6 Å². The van der Waals surface area contributed by atoms with Gasteiger partial charge in [-0.15, -0.1) is 10.2 Å². The molecule has 0 saturated heterocycles. The lowest BCUT2D eigenvalue weighted by atomic mass is 10.2. The third kappa shape index (κ3) is 3.71. The van der Waals surface area contributed by atoms with Gasteiger partial charge in [-0.2, -0.15) is 13.2 Å². The van der Waals surface area contributed by atoms with Crippen LogP contribution in [0.2, 0.25) is 0 Å². The van der Waals surface area contributed by atoms with Gasteiger partial charge in [0, 0.05) is 37.4 Å².